The summed E-state index contributed by atoms with van der Waals surface area (Å²) in [5.41, 5.74) is 5.06. The van der Waals surface area contributed by atoms with Gasteiger partial charge in [0.05, 0.1) is 0 Å². The molecule has 0 N–H and O–H groups in total. The molecule has 0 spiro atoms. The van der Waals surface area contributed by atoms with Gasteiger partial charge in [-0.3, -0.25) is 0 Å². The summed E-state index contributed by atoms with van der Waals surface area (Å²) < 4.78 is 0. The lowest BCUT2D eigenvalue weighted by Gasteiger charge is -2.14. The van der Waals surface area contributed by atoms with Gasteiger partial charge in [0.25, 0.3) is 0 Å². The standard InChI is InChI=1S/C30H20/c1-3-9-21(10-4-1)24-17-15-23-16-18-25-20-28(22-11-5-2-6-12-22)26-13-7-8-14-27(26)30(25)29(23)19-24/h1-20H. The van der Waals surface area contributed by atoms with Crippen molar-refractivity contribution in [3.8, 4) is 22.3 Å². The zero-order valence-corrected chi connectivity index (χ0v) is 16.5. The van der Waals surface area contributed by atoms with Crippen molar-refractivity contribution in [2.45, 2.75) is 0 Å². The van der Waals surface area contributed by atoms with Crippen molar-refractivity contribution in [1.29, 1.82) is 0 Å². The fourth-order valence-electron chi connectivity index (χ4n) is 4.59. The number of hydrogen-bond acceptors (Lipinski definition) is 0. The van der Waals surface area contributed by atoms with Gasteiger partial charge in [0.15, 0.2) is 0 Å². The molecule has 0 heterocycles. The highest BCUT2D eigenvalue weighted by Gasteiger charge is 2.11. The molecule has 0 aliphatic rings. The minimum Gasteiger partial charge on any atom is -0.0622 e. The van der Waals surface area contributed by atoms with Crippen LogP contribution in [0, 0.1) is 0 Å². The maximum Gasteiger partial charge on any atom is -0.00262 e. The van der Waals surface area contributed by atoms with E-state index in [2.05, 4.69) is 121 Å². The Kier molecular flexibility index (Phi) is 3.89. The zero-order chi connectivity index (χ0) is 19.9. The van der Waals surface area contributed by atoms with Gasteiger partial charge in [-0.2, -0.15) is 0 Å². The molecule has 140 valence electrons. The quantitative estimate of drug-likeness (QED) is 0.264. The van der Waals surface area contributed by atoms with E-state index >= 15 is 0 Å². The Morgan fingerprint density at radius 1 is 0.333 bits per heavy atom. The van der Waals surface area contributed by atoms with Crippen LogP contribution in [0.1, 0.15) is 0 Å². The second-order valence-corrected chi connectivity index (χ2v) is 7.80. The molecular formula is C30H20. The first-order valence-electron chi connectivity index (χ1n) is 10.4. The molecule has 0 aliphatic carbocycles. The molecule has 0 nitrogen and oxygen atoms in total. The molecule has 0 unspecified atom stereocenters. The maximum absolute atomic E-state index is 2.35. The molecule has 0 saturated carbocycles. The molecule has 0 saturated heterocycles. The third-order valence-corrected chi connectivity index (χ3v) is 6.03. The van der Waals surface area contributed by atoms with Gasteiger partial charge in [-0.25, -0.2) is 0 Å². The third-order valence-electron chi connectivity index (χ3n) is 6.03. The summed E-state index contributed by atoms with van der Waals surface area (Å²) in [6.45, 7) is 0. The second kappa shape index (κ2) is 6.86. The zero-order valence-electron chi connectivity index (χ0n) is 16.5. The van der Waals surface area contributed by atoms with E-state index in [1.165, 1.54) is 54.6 Å². The molecule has 0 atom stereocenters. The van der Waals surface area contributed by atoms with Gasteiger partial charge < -0.3 is 0 Å². The molecule has 0 fully saturated rings. The lowest BCUT2D eigenvalue weighted by atomic mass is 9.90. The number of fused-ring (bicyclic) bond motifs is 5. The Morgan fingerprint density at radius 3 is 1.70 bits per heavy atom. The predicted molar refractivity (Wildman–Crippen MR) is 130 cm³/mol. The molecule has 0 heteroatoms. The molecule has 0 radical (unpaired) electrons. The summed E-state index contributed by atoms with van der Waals surface area (Å²) in [4.78, 5) is 0. The van der Waals surface area contributed by atoms with E-state index in [1.54, 1.807) is 0 Å². The van der Waals surface area contributed by atoms with E-state index in [0.717, 1.165) is 0 Å². The molecular weight excluding hydrogens is 360 g/mol. The van der Waals surface area contributed by atoms with Gasteiger partial charge in [-0.15, -0.1) is 0 Å². The molecule has 30 heavy (non-hydrogen) atoms. The van der Waals surface area contributed by atoms with Crippen LogP contribution in [0.5, 0.6) is 0 Å². The fourth-order valence-corrected chi connectivity index (χ4v) is 4.59. The summed E-state index contributed by atoms with van der Waals surface area (Å²) in [5.74, 6) is 0. The van der Waals surface area contributed by atoms with Crippen molar-refractivity contribution >= 4 is 32.3 Å². The van der Waals surface area contributed by atoms with Gasteiger partial charge >= 0.3 is 0 Å². The molecule has 0 amide bonds. The monoisotopic (exact) mass is 380 g/mol. The first kappa shape index (κ1) is 17.0. The first-order chi connectivity index (χ1) is 14.9. The lowest BCUT2D eigenvalue weighted by molar-refractivity contribution is 1.65. The van der Waals surface area contributed by atoms with E-state index < -0.39 is 0 Å². The summed E-state index contributed by atoms with van der Waals surface area (Å²) in [7, 11) is 0. The van der Waals surface area contributed by atoms with E-state index in [0.29, 0.717) is 0 Å². The molecule has 6 aromatic rings. The van der Waals surface area contributed by atoms with Crippen LogP contribution >= 0.6 is 0 Å². The Hall–Kier alpha value is -3.90. The van der Waals surface area contributed by atoms with Crippen molar-refractivity contribution in [3.05, 3.63) is 121 Å². The fraction of sp³-hybridized carbons (Fsp3) is 0. The molecule has 6 rings (SSSR count). The number of hydrogen-bond donors (Lipinski definition) is 0. The van der Waals surface area contributed by atoms with Gasteiger partial charge in [0, 0.05) is 0 Å². The Bertz CT molecular complexity index is 1510. The van der Waals surface area contributed by atoms with Crippen molar-refractivity contribution in [2.24, 2.45) is 0 Å². The van der Waals surface area contributed by atoms with Crippen LogP contribution in [0.4, 0.5) is 0 Å². The van der Waals surface area contributed by atoms with E-state index in [9.17, 15) is 0 Å². The second-order valence-electron chi connectivity index (χ2n) is 7.80. The van der Waals surface area contributed by atoms with Crippen LogP contribution in [0.2, 0.25) is 0 Å². The highest BCUT2D eigenvalue weighted by Crippen LogP contribution is 2.39. The minimum atomic E-state index is 1.25. The highest BCUT2D eigenvalue weighted by molar-refractivity contribution is 6.23. The normalized spacial score (nSPS) is 11.3. The Balaban J connectivity index is 1.73. The van der Waals surface area contributed by atoms with Crippen LogP contribution in [0.15, 0.2) is 121 Å². The number of rotatable bonds is 2. The van der Waals surface area contributed by atoms with Crippen molar-refractivity contribution < 1.29 is 0 Å². The SMILES string of the molecule is c1ccc(-c2ccc3ccc4cc(-c5ccccc5)c5ccccc5c4c3c2)cc1. The van der Waals surface area contributed by atoms with Crippen LogP contribution in [0.3, 0.4) is 0 Å². The summed E-state index contributed by atoms with van der Waals surface area (Å²) in [5, 5.41) is 7.81. The Morgan fingerprint density at radius 2 is 0.933 bits per heavy atom. The number of benzene rings is 6. The van der Waals surface area contributed by atoms with E-state index in [1.807, 2.05) is 0 Å². The van der Waals surface area contributed by atoms with Gasteiger partial charge in [-0.05, 0) is 66.7 Å². The van der Waals surface area contributed by atoms with Crippen LogP contribution in [-0.2, 0) is 0 Å². The summed E-state index contributed by atoms with van der Waals surface area (Å²) >= 11 is 0. The minimum absolute atomic E-state index is 1.25. The maximum atomic E-state index is 2.35. The van der Waals surface area contributed by atoms with Crippen molar-refractivity contribution in [1.82, 2.24) is 0 Å². The van der Waals surface area contributed by atoms with Crippen molar-refractivity contribution in [2.75, 3.05) is 0 Å². The van der Waals surface area contributed by atoms with Crippen LogP contribution in [-0.4, -0.2) is 0 Å². The van der Waals surface area contributed by atoms with E-state index in [4.69, 9.17) is 0 Å². The van der Waals surface area contributed by atoms with Crippen LogP contribution in [0.25, 0.3) is 54.6 Å². The lowest BCUT2D eigenvalue weighted by Crippen LogP contribution is -1.87. The average molecular weight is 380 g/mol. The van der Waals surface area contributed by atoms with Crippen molar-refractivity contribution in [3.63, 3.8) is 0 Å². The van der Waals surface area contributed by atoms with E-state index in [-0.39, 0.29) is 0 Å². The third kappa shape index (κ3) is 2.69. The smallest absolute Gasteiger partial charge is 0.00262 e. The van der Waals surface area contributed by atoms with Gasteiger partial charge in [0.1, 0.15) is 0 Å². The van der Waals surface area contributed by atoms with Gasteiger partial charge in [-0.1, -0.05) is 109 Å². The summed E-state index contributed by atoms with van der Waals surface area (Å²) in [6.07, 6.45) is 0. The van der Waals surface area contributed by atoms with Gasteiger partial charge in [0.2, 0.25) is 0 Å². The topological polar surface area (TPSA) is 0 Å². The molecule has 0 aromatic heterocycles. The average Bonchev–Trinajstić information content (AvgIpc) is 2.84. The molecule has 6 aromatic carbocycles. The predicted octanol–water partition coefficient (Wildman–Crippen LogP) is 8.48. The Labute approximate surface area is 176 Å². The first-order valence-corrected chi connectivity index (χ1v) is 10.4. The van der Waals surface area contributed by atoms with Crippen LogP contribution < -0.4 is 0 Å². The highest BCUT2D eigenvalue weighted by atomic mass is 14.1. The molecule has 0 bridgehead atoms. The largest absolute Gasteiger partial charge is 0.0622 e. The summed E-state index contributed by atoms with van der Waals surface area (Å²) in [6, 6.07) is 43.8. The molecule has 0 aliphatic heterocycles.